The lowest BCUT2D eigenvalue weighted by molar-refractivity contribution is 0.249. The summed E-state index contributed by atoms with van der Waals surface area (Å²) in [6, 6.07) is 6.95. The summed E-state index contributed by atoms with van der Waals surface area (Å²) in [7, 11) is 3.38. The minimum Gasteiger partial charge on any atom is -0.493 e. The fourth-order valence-electron chi connectivity index (χ4n) is 2.39. The van der Waals surface area contributed by atoms with Gasteiger partial charge in [0.1, 0.15) is 5.82 Å². The Hall–Kier alpha value is -2.70. The summed E-state index contributed by atoms with van der Waals surface area (Å²) in [6.45, 7) is 6.26. The fraction of sp³-hybridized carbons (Fsp3) is 0.412. The summed E-state index contributed by atoms with van der Waals surface area (Å²) in [6.07, 6.45) is 0. The molecule has 0 aliphatic carbocycles. The van der Waals surface area contributed by atoms with Crippen molar-refractivity contribution >= 4 is 11.8 Å². The molecule has 0 saturated carbocycles. The van der Waals surface area contributed by atoms with Gasteiger partial charge in [-0.2, -0.15) is 5.10 Å². The highest BCUT2D eigenvalue weighted by atomic mass is 16.5. The Bertz CT molecular complexity index is 712. The van der Waals surface area contributed by atoms with Crippen molar-refractivity contribution in [3.8, 4) is 11.5 Å². The zero-order chi connectivity index (χ0) is 17.7. The van der Waals surface area contributed by atoms with Crippen molar-refractivity contribution in [2.75, 3.05) is 19.0 Å². The van der Waals surface area contributed by atoms with Gasteiger partial charge in [0.2, 0.25) is 0 Å². The highest BCUT2D eigenvalue weighted by Crippen LogP contribution is 2.30. The van der Waals surface area contributed by atoms with Crippen LogP contribution in [-0.2, 0) is 7.05 Å². The summed E-state index contributed by atoms with van der Waals surface area (Å²) in [5.41, 5.74) is 1.77. The van der Waals surface area contributed by atoms with Crippen LogP contribution < -0.4 is 20.1 Å². The molecule has 0 radical (unpaired) electrons. The maximum atomic E-state index is 12.2. The molecule has 130 valence electrons. The maximum absolute atomic E-state index is 12.2. The van der Waals surface area contributed by atoms with Gasteiger partial charge in [0.05, 0.1) is 25.5 Å². The first-order valence-corrected chi connectivity index (χ1v) is 7.83. The van der Waals surface area contributed by atoms with Crippen LogP contribution in [0, 0.1) is 6.92 Å². The number of ether oxygens (including phenoxy) is 2. The van der Waals surface area contributed by atoms with E-state index in [1.54, 1.807) is 18.8 Å². The van der Waals surface area contributed by atoms with Crippen molar-refractivity contribution in [1.29, 1.82) is 0 Å². The Labute approximate surface area is 142 Å². The third kappa shape index (κ3) is 4.18. The summed E-state index contributed by atoms with van der Waals surface area (Å²) in [5, 5.41) is 9.88. The largest absolute Gasteiger partial charge is 0.493 e. The number of anilines is 1. The molecule has 2 aromatic rings. The molecule has 7 heteroatoms. The van der Waals surface area contributed by atoms with Crippen LogP contribution in [0.15, 0.2) is 24.3 Å². The molecular weight excluding hydrogens is 308 g/mol. The maximum Gasteiger partial charge on any atom is 0.320 e. The lowest BCUT2D eigenvalue weighted by Crippen LogP contribution is -2.31. The van der Waals surface area contributed by atoms with Crippen LogP contribution in [0.4, 0.5) is 10.6 Å². The summed E-state index contributed by atoms with van der Waals surface area (Å²) >= 11 is 0. The van der Waals surface area contributed by atoms with Crippen molar-refractivity contribution in [3.05, 3.63) is 35.5 Å². The molecule has 7 nitrogen and oxygen atoms in total. The van der Waals surface area contributed by atoms with E-state index in [4.69, 9.17) is 9.47 Å². The van der Waals surface area contributed by atoms with Crippen LogP contribution in [0.5, 0.6) is 11.5 Å². The third-order valence-corrected chi connectivity index (χ3v) is 3.58. The molecule has 0 unspecified atom stereocenters. The van der Waals surface area contributed by atoms with Crippen LogP contribution in [0.2, 0.25) is 0 Å². The van der Waals surface area contributed by atoms with Crippen molar-refractivity contribution in [3.63, 3.8) is 0 Å². The number of benzene rings is 1. The first kappa shape index (κ1) is 17.7. The van der Waals surface area contributed by atoms with Crippen LogP contribution in [0.1, 0.15) is 31.1 Å². The van der Waals surface area contributed by atoms with Gasteiger partial charge in [-0.3, -0.25) is 10.00 Å². The van der Waals surface area contributed by atoms with Gasteiger partial charge in [0, 0.05) is 13.1 Å². The van der Waals surface area contributed by atoms with Gasteiger partial charge >= 0.3 is 6.03 Å². The summed E-state index contributed by atoms with van der Waals surface area (Å²) in [5.74, 6) is 1.97. The number of aryl methyl sites for hydroxylation is 2. The van der Waals surface area contributed by atoms with Crippen molar-refractivity contribution in [2.24, 2.45) is 7.05 Å². The normalized spacial score (nSPS) is 11.7. The van der Waals surface area contributed by atoms with E-state index in [1.807, 2.05) is 45.0 Å². The topological polar surface area (TPSA) is 77.4 Å². The van der Waals surface area contributed by atoms with E-state index in [0.29, 0.717) is 23.9 Å². The van der Waals surface area contributed by atoms with Gasteiger partial charge in [-0.15, -0.1) is 0 Å². The van der Waals surface area contributed by atoms with E-state index in [9.17, 15) is 4.79 Å². The Balaban J connectivity index is 2.04. The second kappa shape index (κ2) is 7.72. The van der Waals surface area contributed by atoms with Gasteiger partial charge < -0.3 is 14.8 Å². The van der Waals surface area contributed by atoms with Gasteiger partial charge in [0.15, 0.2) is 11.5 Å². The number of carbonyl (C=O) groups excluding carboxylic acids is 1. The Morgan fingerprint density at radius 3 is 2.67 bits per heavy atom. The lowest BCUT2D eigenvalue weighted by Gasteiger charge is -2.17. The summed E-state index contributed by atoms with van der Waals surface area (Å²) in [4.78, 5) is 12.2. The molecule has 2 rings (SSSR count). The van der Waals surface area contributed by atoms with Crippen molar-refractivity contribution < 1.29 is 14.3 Å². The molecule has 1 aromatic heterocycles. The predicted molar refractivity (Wildman–Crippen MR) is 92.7 cm³/mol. The molecule has 0 aliphatic heterocycles. The van der Waals surface area contributed by atoms with Gasteiger partial charge in [-0.05, 0) is 38.5 Å². The SMILES string of the molecule is CCOc1ccc([C@@H](C)NC(=O)Nc2cc(C)nn2C)cc1OC. The number of nitrogens with zero attached hydrogens (tertiary/aromatic N) is 2. The van der Waals surface area contributed by atoms with Crippen LogP contribution in [0.25, 0.3) is 0 Å². The Morgan fingerprint density at radius 1 is 1.33 bits per heavy atom. The number of hydrogen-bond acceptors (Lipinski definition) is 4. The molecule has 0 spiro atoms. The van der Waals surface area contributed by atoms with Crippen LogP contribution in [0.3, 0.4) is 0 Å². The third-order valence-electron chi connectivity index (χ3n) is 3.58. The second-order valence-electron chi connectivity index (χ2n) is 5.46. The van der Waals surface area contributed by atoms with E-state index >= 15 is 0 Å². The van der Waals surface area contributed by atoms with E-state index < -0.39 is 0 Å². The van der Waals surface area contributed by atoms with E-state index in [1.165, 1.54) is 0 Å². The summed E-state index contributed by atoms with van der Waals surface area (Å²) < 4.78 is 12.5. The van der Waals surface area contributed by atoms with Gasteiger partial charge in [-0.1, -0.05) is 6.07 Å². The van der Waals surface area contributed by atoms with Gasteiger partial charge in [0.25, 0.3) is 0 Å². The number of carbonyl (C=O) groups is 1. The molecule has 0 aliphatic rings. The number of methoxy groups -OCH3 is 1. The lowest BCUT2D eigenvalue weighted by atomic mass is 10.1. The number of urea groups is 1. The first-order chi connectivity index (χ1) is 11.4. The van der Waals surface area contributed by atoms with Crippen LogP contribution in [-0.4, -0.2) is 29.5 Å². The minimum atomic E-state index is -0.293. The zero-order valence-electron chi connectivity index (χ0n) is 14.7. The van der Waals surface area contributed by atoms with E-state index in [0.717, 1.165) is 11.3 Å². The predicted octanol–water partition coefficient (Wildman–Crippen LogP) is 3.02. The molecule has 24 heavy (non-hydrogen) atoms. The minimum absolute atomic E-state index is 0.191. The molecule has 1 heterocycles. The first-order valence-electron chi connectivity index (χ1n) is 7.83. The molecule has 0 fully saturated rings. The molecule has 2 amide bonds. The standard InChI is InChI=1S/C17H24N4O3/c1-6-24-14-8-7-13(10-15(14)23-5)12(3)18-17(22)19-16-9-11(2)20-21(16)4/h7-10,12H,6H2,1-5H3,(H2,18,19,22)/t12-/m1/s1. The second-order valence-corrected chi connectivity index (χ2v) is 5.46. The molecular formula is C17H24N4O3. The highest BCUT2D eigenvalue weighted by Gasteiger charge is 2.14. The number of nitrogens with one attached hydrogen (secondary N) is 2. The average Bonchev–Trinajstić information content (AvgIpc) is 2.85. The van der Waals surface area contributed by atoms with Crippen LogP contribution >= 0.6 is 0 Å². The molecule has 1 aromatic carbocycles. The molecule has 0 bridgehead atoms. The number of rotatable bonds is 6. The van der Waals surface area contributed by atoms with E-state index in [2.05, 4.69) is 15.7 Å². The highest BCUT2D eigenvalue weighted by molar-refractivity contribution is 5.88. The monoisotopic (exact) mass is 332 g/mol. The Kier molecular flexibility index (Phi) is 5.68. The molecule has 0 saturated heterocycles. The number of amides is 2. The Morgan fingerprint density at radius 2 is 2.08 bits per heavy atom. The quantitative estimate of drug-likeness (QED) is 0.852. The van der Waals surface area contributed by atoms with Crippen molar-refractivity contribution in [1.82, 2.24) is 15.1 Å². The van der Waals surface area contributed by atoms with E-state index in [-0.39, 0.29) is 12.1 Å². The number of aromatic nitrogens is 2. The van der Waals surface area contributed by atoms with Gasteiger partial charge in [-0.25, -0.2) is 4.79 Å². The zero-order valence-corrected chi connectivity index (χ0v) is 14.7. The molecule has 2 N–H and O–H groups in total. The number of hydrogen-bond donors (Lipinski definition) is 2. The average molecular weight is 332 g/mol. The smallest absolute Gasteiger partial charge is 0.320 e. The fourth-order valence-corrected chi connectivity index (χ4v) is 2.39. The van der Waals surface area contributed by atoms with Crippen molar-refractivity contribution in [2.45, 2.75) is 26.8 Å². The molecule has 1 atom stereocenters.